The zero-order valence-corrected chi connectivity index (χ0v) is 12.7. The Morgan fingerprint density at radius 2 is 1.78 bits per heavy atom. The lowest BCUT2D eigenvalue weighted by atomic mass is 9.92. The SMILES string of the molecule is Br.CC(C)NC(C)(C)C(=O)c1ccc(O)c(O)c1. The minimum absolute atomic E-state index is 0. The van der Waals surface area contributed by atoms with Crippen LogP contribution in [-0.2, 0) is 0 Å². The van der Waals surface area contributed by atoms with Gasteiger partial charge in [-0.3, -0.25) is 4.79 Å². The highest BCUT2D eigenvalue weighted by atomic mass is 79.9. The molecular formula is C13H20BrNO3. The molecule has 0 heterocycles. The highest BCUT2D eigenvalue weighted by Crippen LogP contribution is 2.26. The zero-order valence-electron chi connectivity index (χ0n) is 11.0. The molecule has 4 nitrogen and oxygen atoms in total. The van der Waals surface area contributed by atoms with Gasteiger partial charge in [0.2, 0.25) is 0 Å². The third kappa shape index (κ3) is 3.99. The van der Waals surface area contributed by atoms with Gasteiger partial charge in [-0.15, -0.1) is 17.0 Å². The second kappa shape index (κ2) is 6.20. The number of hydrogen-bond donors (Lipinski definition) is 3. The van der Waals surface area contributed by atoms with Crippen molar-refractivity contribution in [3.63, 3.8) is 0 Å². The monoisotopic (exact) mass is 317 g/mol. The van der Waals surface area contributed by atoms with E-state index in [9.17, 15) is 15.0 Å². The van der Waals surface area contributed by atoms with Gasteiger partial charge in [-0.05, 0) is 45.9 Å². The zero-order chi connectivity index (χ0) is 13.2. The van der Waals surface area contributed by atoms with E-state index < -0.39 is 5.54 Å². The van der Waals surface area contributed by atoms with E-state index in [1.807, 2.05) is 13.8 Å². The first-order valence-corrected chi connectivity index (χ1v) is 5.58. The van der Waals surface area contributed by atoms with E-state index in [2.05, 4.69) is 5.32 Å². The van der Waals surface area contributed by atoms with Crippen molar-refractivity contribution in [2.24, 2.45) is 0 Å². The largest absolute Gasteiger partial charge is 0.504 e. The number of ketones is 1. The van der Waals surface area contributed by atoms with E-state index in [0.29, 0.717) is 5.56 Å². The Kier molecular flexibility index (Phi) is 5.83. The Morgan fingerprint density at radius 1 is 1.22 bits per heavy atom. The minimum Gasteiger partial charge on any atom is -0.504 e. The number of benzene rings is 1. The maximum Gasteiger partial charge on any atom is 0.182 e. The molecule has 1 rings (SSSR count). The number of rotatable bonds is 4. The van der Waals surface area contributed by atoms with Crippen LogP contribution in [0.15, 0.2) is 18.2 Å². The van der Waals surface area contributed by atoms with Crippen LogP contribution >= 0.6 is 17.0 Å². The molecule has 0 atom stereocenters. The number of nitrogens with one attached hydrogen (secondary N) is 1. The number of halogens is 1. The van der Waals surface area contributed by atoms with Gasteiger partial charge in [-0.2, -0.15) is 0 Å². The standard InChI is InChI=1S/C13H19NO3.BrH/c1-8(2)14-13(3,4)12(17)9-5-6-10(15)11(16)7-9;/h5-8,14-16H,1-4H3;1H. The number of hydrogen-bond acceptors (Lipinski definition) is 4. The summed E-state index contributed by atoms with van der Waals surface area (Å²) in [5.41, 5.74) is -0.337. The minimum atomic E-state index is -0.711. The van der Waals surface area contributed by atoms with Crippen LogP contribution in [0.25, 0.3) is 0 Å². The molecule has 102 valence electrons. The van der Waals surface area contributed by atoms with E-state index in [1.165, 1.54) is 18.2 Å². The van der Waals surface area contributed by atoms with Crippen LogP contribution in [0.5, 0.6) is 11.5 Å². The quantitative estimate of drug-likeness (QED) is 0.590. The van der Waals surface area contributed by atoms with Crippen molar-refractivity contribution >= 4 is 22.8 Å². The maximum atomic E-state index is 12.2. The van der Waals surface area contributed by atoms with E-state index in [0.717, 1.165) is 0 Å². The highest BCUT2D eigenvalue weighted by Gasteiger charge is 2.29. The lowest BCUT2D eigenvalue weighted by Crippen LogP contribution is -2.49. The smallest absolute Gasteiger partial charge is 0.182 e. The molecule has 1 aromatic rings. The van der Waals surface area contributed by atoms with Crippen molar-refractivity contribution in [2.75, 3.05) is 0 Å². The van der Waals surface area contributed by atoms with Gasteiger partial charge >= 0.3 is 0 Å². The fourth-order valence-corrected chi connectivity index (χ4v) is 1.81. The Balaban J connectivity index is 0.00000289. The van der Waals surface area contributed by atoms with Crippen LogP contribution in [-0.4, -0.2) is 27.6 Å². The number of carbonyl (C=O) groups is 1. The summed E-state index contributed by atoms with van der Waals surface area (Å²) < 4.78 is 0. The molecule has 0 saturated heterocycles. The second-order valence-electron chi connectivity index (χ2n) is 4.96. The maximum absolute atomic E-state index is 12.2. The first-order chi connectivity index (χ1) is 7.74. The first-order valence-electron chi connectivity index (χ1n) is 5.58. The molecule has 5 heteroatoms. The van der Waals surface area contributed by atoms with Gasteiger partial charge < -0.3 is 15.5 Å². The molecule has 0 aliphatic heterocycles. The molecular weight excluding hydrogens is 298 g/mol. The number of phenolic OH excluding ortho intramolecular Hbond substituents is 2. The topological polar surface area (TPSA) is 69.6 Å². The van der Waals surface area contributed by atoms with E-state index in [1.54, 1.807) is 13.8 Å². The van der Waals surface area contributed by atoms with Crippen molar-refractivity contribution in [1.82, 2.24) is 5.32 Å². The van der Waals surface area contributed by atoms with Crippen molar-refractivity contribution in [1.29, 1.82) is 0 Å². The number of phenols is 2. The summed E-state index contributed by atoms with van der Waals surface area (Å²) in [4.78, 5) is 12.2. The van der Waals surface area contributed by atoms with Gasteiger partial charge in [0, 0.05) is 11.6 Å². The Bertz CT molecular complexity index is 430. The number of aromatic hydroxyl groups is 2. The highest BCUT2D eigenvalue weighted by molar-refractivity contribution is 8.93. The van der Waals surface area contributed by atoms with Crippen LogP contribution in [0.2, 0.25) is 0 Å². The predicted octanol–water partition coefficient (Wildman–Crippen LogP) is 2.64. The summed E-state index contributed by atoms with van der Waals surface area (Å²) in [5, 5.41) is 21.7. The van der Waals surface area contributed by atoms with Gasteiger partial charge in [0.25, 0.3) is 0 Å². The normalized spacial score (nSPS) is 11.2. The molecule has 0 aliphatic rings. The van der Waals surface area contributed by atoms with E-state index >= 15 is 0 Å². The fourth-order valence-electron chi connectivity index (χ4n) is 1.81. The summed E-state index contributed by atoms with van der Waals surface area (Å²) in [6, 6.07) is 4.27. The lowest BCUT2D eigenvalue weighted by Gasteiger charge is -2.27. The molecule has 18 heavy (non-hydrogen) atoms. The van der Waals surface area contributed by atoms with Crippen molar-refractivity contribution in [3.05, 3.63) is 23.8 Å². The summed E-state index contributed by atoms with van der Waals surface area (Å²) in [7, 11) is 0. The van der Waals surface area contributed by atoms with Crippen LogP contribution in [0, 0.1) is 0 Å². The van der Waals surface area contributed by atoms with Gasteiger partial charge in [-0.1, -0.05) is 0 Å². The third-order valence-electron chi connectivity index (χ3n) is 2.45. The Hall–Kier alpha value is -1.07. The van der Waals surface area contributed by atoms with Crippen LogP contribution in [0.3, 0.4) is 0 Å². The molecule has 3 N–H and O–H groups in total. The van der Waals surface area contributed by atoms with Crippen molar-refractivity contribution in [2.45, 2.75) is 39.3 Å². The molecule has 0 saturated carbocycles. The third-order valence-corrected chi connectivity index (χ3v) is 2.45. The average molecular weight is 318 g/mol. The van der Waals surface area contributed by atoms with Crippen molar-refractivity contribution in [3.8, 4) is 11.5 Å². The second-order valence-corrected chi connectivity index (χ2v) is 4.96. The Labute approximate surface area is 118 Å². The number of Topliss-reactive ketones (excluding diaryl/α,β-unsaturated/α-hetero) is 1. The van der Waals surface area contributed by atoms with Crippen LogP contribution in [0.4, 0.5) is 0 Å². The van der Waals surface area contributed by atoms with Gasteiger partial charge in [0.05, 0.1) is 5.54 Å². The van der Waals surface area contributed by atoms with E-state index in [-0.39, 0.29) is 40.3 Å². The van der Waals surface area contributed by atoms with Gasteiger partial charge in [-0.25, -0.2) is 0 Å². The molecule has 0 aromatic heterocycles. The summed E-state index contributed by atoms with van der Waals surface area (Å²) in [6.07, 6.45) is 0. The van der Waals surface area contributed by atoms with Crippen LogP contribution in [0.1, 0.15) is 38.1 Å². The molecule has 0 aliphatic carbocycles. The summed E-state index contributed by atoms with van der Waals surface area (Å²) >= 11 is 0. The predicted molar refractivity (Wildman–Crippen MR) is 76.8 cm³/mol. The molecule has 0 bridgehead atoms. The molecule has 0 unspecified atom stereocenters. The van der Waals surface area contributed by atoms with Crippen molar-refractivity contribution < 1.29 is 15.0 Å². The lowest BCUT2D eigenvalue weighted by molar-refractivity contribution is 0.0873. The first kappa shape index (κ1) is 16.9. The molecule has 0 spiro atoms. The molecule has 1 aromatic carbocycles. The molecule has 0 fully saturated rings. The summed E-state index contributed by atoms with van der Waals surface area (Å²) in [5.74, 6) is -0.631. The molecule has 0 radical (unpaired) electrons. The van der Waals surface area contributed by atoms with E-state index in [4.69, 9.17) is 0 Å². The van der Waals surface area contributed by atoms with Gasteiger partial charge in [0.1, 0.15) is 0 Å². The molecule has 0 amide bonds. The fraction of sp³-hybridized carbons (Fsp3) is 0.462. The Morgan fingerprint density at radius 3 is 2.22 bits per heavy atom. The van der Waals surface area contributed by atoms with Crippen LogP contribution < -0.4 is 5.32 Å². The summed E-state index contributed by atoms with van der Waals surface area (Å²) in [6.45, 7) is 7.51. The average Bonchev–Trinajstić information content (AvgIpc) is 2.19. The van der Waals surface area contributed by atoms with Gasteiger partial charge in [0.15, 0.2) is 17.3 Å². The number of carbonyl (C=O) groups excluding carboxylic acids is 1.